The fourth-order valence-electron chi connectivity index (χ4n) is 2.90. The number of thiocarbonyl (C=S) groups is 1. The first-order chi connectivity index (χ1) is 12.3. The second-order valence-electron chi connectivity index (χ2n) is 5.82. The van der Waals surface area contributed by atoms with Crippen LogP contribution in [0.3, 0.4) is 0 Å². The Morgan fingerprint density at radius 3 is 2.73 bits per heavy atom. The van der Waals surface area contributed by atoms with E-state index in [9.17, 15) is 4.79 Å². The third kappa shape index (κ3) is 3.37. The van der Waals surface area contributed by atoms with Crippen LogP contribution in [0.2, 0.25) is 10.0 Å². The normalized spacial score (nSPS) is 16.0. The largest absolute Gasteiger partial charge is 0.316 e. The number of aromatic nitrogens is 1. The van der Waals surface area contributed by atoms with E-state index >= 15 is 0 Å². The molecule has 26 heavy (non-hydrogen) atoms. The highest BCUT2D eigenvalue weighted by atomic mass is 35.5. The zero-order valence-corrected chi connectivity index (χ0v) is 17.4. The maximum absolute atomic E-state index is 12.5. The Bertz CT molecular complexity index is 963. The maximum Gasteiger partial charge on any atom is 0.266 e. The van der Waals surface area contributed by atoms with Crippen LogP contribution >= 0.6 is 47.2 Å². The number of amides is 1. The summed E-state index contributed by atoms with van der Waals surface area (Å²) in [6, 6.07) is 7.56. The number of rotatable bonds is 4. The molecule has 0 saturated carbocycles. The van der Waals surface area contributed by atoms with Crippen LogP contribution < -0.4 is 0 Å². The van der Waals surface area contributed by atoms with Crippen LogP contribution in [-0.4, -0.2) is 26.2 Å². The monoisotopic (exact) mass is 422 g/mol. The van der Waals surface area contributed by atoms with Crippen molar-refractivity contribution in [3.05, 3.63) is 68.8 Å². The van der Waals surface area contributed by atoms with E-state index in [1.54, 1.807) is 17.0 Å². The summed E-state index contributed by atoms with van der Waals surface area (Å²) < 4.78 is 2.58. The van der Waals surface area contributed by atoms with Crippen molar-refractivity contribution in [2.45, 2.75) is 13.8 Å². The molecule has 1 fully saturated rings. The van der Waals surface area contributed by atoms with Gasteiger partial charge in [0.05, 0.1) is 20.6 Å². The third-order valence-electron chi connectivity index (χ3n) is 4.11. The maximum atomic E-state index is 12.5. The van der Waals surface area contributed by atoms with Crippen LogP contribution in [0.5, 0.6) is 0 Å². The van der Waals surface area contributed by atoms with E-state index in [4.69, 9.17) is 35.4 Å². The van der Waals surface area contributed by atoms with Crippen LogP contribution in [0.4, 0.5) is 0 Å². The number of carbonyl (C=O) groups excluding carboxylic acids is 1. The minimum atomic E-state index is -0.0921. The molecule has 2 aromatic rings. The van der Waals surface area contributed by atoms with Crippen molar-refractivity contribution in [2.75, 3.05) is 6.54 Å². The molecule has 0 aliphatic carbocycles. The summed E-state index contributed by atoms with van der Waals surface area (Å²) in [7, 11) is 0. The smallest absolute Gasteiger partial charge is 0.266 e. The lowest BCUT2D eigenvalue weighted by Crippen LogP contribution is -2.27. The van der Waals surface area contributed by atoms with Gasteiger partial charge in [-0.1, -0.05) is 59.3 Å². The van der Waals surface area contributed by atoms with Gasteiger partial charge in [0.1, 0.15) is 4.32 Å². The highest BCUT2D eigenvalue weighted by molar-refractivity contribution is 8.26. The quantitative estimate of drug-likeness (QED) is 0.354. The standard InChI is InChI=1S/C19H16Cl2N2OS2/c1-4-8-22-18(24)16(26-19(22)25)10-13-9-11(2)23(12(13)3)15-7-5-6-14(20)17(15)21/h4-7,9-10H,1,8H2,2-3H3/b16-10-. The average Bonchev–Trinajstić information content (AvgIpc) is 3.01. The van der Waals surface area contributed by atoms with Crippen LogP contribution in [-0.2, 0) is 4.79 Å². The van der Waals surface area contributed by atoms with Gasteiger partial charge in [0.15, 0.2) is 0 Å². The van der Waals surface area contributed by atoms with E-state index < -0.39 is 0 Å². The van der Waals surface area contributed by atoms with Gasteiger partial charge in [0.2, 0.25) is 0 Å². The van der Waals surface area contributed by atoms with E-state index in [2.05, 4.69) is 6.58 Å². The topological polar surface area (TPSA) is 25.2 Å². The molecule has 0 radical (unpaired) electrons. The summed E-state index contributed by atoms with van der Waals surface area (Å²) in [5.74, 6) is -0.0921. The zero-order chi connectivity index (χ0) is 19.0. The molecule has 0 N–H and O–H groups in total. The Morgan fingerprint density at radius 2 is 2.04 bits per heavy atom. The first-order valence-electron chi connectivity index (χ1n) is 7.84. The highest BCUT2D eigenvalue weighted by Crippen LogP contribution is 2.35. The molecule has 3 rings (SSSR count). The van der Waals surface area contributed by atoms with E-state index in [1.807, 2.05) is 42.7 Å². The molecule has 7 heteroatoms. The van der Waals surface area contributed by atoms with E-state index in [0.29, 0.717) is 25.8 Å². The lowest BCUT2D eigenvalue weighted by atomic mass is 10.2. The fourth-order valence-corrected chi connectivity index (χ4v) is 4.54. The van der Waals surface area contributed by atoms with Gasteiger partial charge in [-0.15, -0.1) is 6.58 Å². The van der Waals surface area contributed by atoms with Gasteiger partial charge in [-0.3, -0.25) is 9.69 Å². The summed E-state index contributed by atoms with van der Waals surface area (Å²) in [6.45, 7) is 8.06. The van der Waals surface area contributed by atoms with Crippen molar-refractivity contribution in [3.63, 3.8) is 0 Å². The molecule has 0 spiro atoms. The number of thioether (sulfide) groups is 1. The van der Waals surface area contributed by atoms with Crippen molar-refractivity contribution in [1.82, 2.24) is 9.47 Å². The Balaban J connectivity index is 2.04. The summed E-state index contributed by atoms with van der Waals surface area (Å²) in [6.07, 6.45) is 3.54. The predicted molar refractivity (Wildman–Crippen MR) is 115 cm³/mol. The highest BCUT2D eigenvalue weighted by Gasteiger charge is 2.31. The van der Waals surface area contributed by atoms with Crippen molar-refractivity contribution in [2.24, 2.45) is 0 Å². The molecule has 1 saturated heterocycles. The molecule has 0 bridgehead atoms. The molecule has 1 aromatic heterocycles. The lowest BCUT2D eigenvalue weighted by Gasteiger charge is -2.12. The van der Waals surface area contributed by atoms with Crippen molar-refractivity contribution in [1.29, 1.82) is 0 Å². The first-order valence-corrected chi connectivity index (χ1v) is 9.82. The Morgan fingerprint density at radius 1 is 1.31 bits per heavy atom. The zero-order valence-electron chi connectivity index (χ0n) is 14.3. The minimum Gasteiger partial charge on any atom is -0.316 e. The molecule has 1 amide bonds. The molecule has 1 aliphatic rings. The number of aryl methyl sites for hydroxylation is 1. The fraction of sp³-hybridized carbons (Fsp3) is 0.158. The molecule has 1 aromatic carbocycles. The van der Waals surface area contributed by atoms with Crippen molar-refractivity contribution >= 4 is 63.5 Å². The number of carbonyl (C=O) groups is 1. The van der Waals surface area contributed by atoms with E-state index in [1.165, 1.54) is 11.8 Å². The van der Waals surface area contributed by atoms with Gasteiger partial charge in [0.25, 0.3) is 5.91 Å². The van der Waals surface area contributed by atoms with Crippen LogP contribution in [0.1, 0.15) is 17.0 Å². The predicted octanol–water partition coefficient (Wildman–Crippen LogP) is 5.79. The first kappa shape index (κ1) is 19.2. The molecule has 1 aliphatic heterocycles. The second-order valence-corrected chi connectivity index (χ2v) is 8.28. The third-order valence-corrected chi connectivity index (χ3v) is 6.30. The van der Waals surface area contributed by atoms with Crippen molar-refractivity contribution in [3.8, 4) is 5.69 Å². The molecule has 0 unspecified atom stereocenters. The SMILES string of the molecule is C=CCN1C(=O)/C(=C/c2cc(C)n(-c3cccc(Cl)c3Cl)c2C)SC1=S. The van der Waals surface area contributed by atoms with Crippen LogP contribution in [0, 0.1) is 13.8 Å². The van der Waals surface area contributed by atoms with E-state index in [0.717, 1.165) is 22.6 Å². The molecule has 0 atom stereocenters. The Hall–Kier alpha value is -1.53. The second kappa shape index (κ2) is 7.61. The van der Waals surface area contributed by atoms with Gasteiger partial charge in [-0.25, -0.2) is 0 Å². The van der Waals surface area contributed by atoms with Gasteiger partial charge >= 0.3 is 0 Å². The summed E-state index contributed by atoms with van der Waals surface area (Å²) >= 11 is 19.1. The Labute approximate surface area is 172 Å². The molecule has 2 heterocycles. The van der Waals surface area contributed by atoms with Crippen LogP contribution in [0.25, 0.3) is 11.8 Å². The van der Waals surface area contributed by atoms with Crippen LogP contribution in [0.15, 0.2) is 41.8 Å². The number of benzene rings is 1. The van der Waals surface area contributed by atoms with Gasteiger partial charge in [-0.2, -0.15) is 0 Å². The molecule has 134 valence electrons. The lowest BCUT2D eigenvalue weighted by molar-refractivity contribution is -0.121. The summed E-state index contributed by atoms with van der Waals surface area (Å²) in [5.41, 5.74) is 3.73. The summed E-state index contributed by atoms with van der Waals surface area (Å²) in [5, 5.41) is 1.00. The summed E-state index contributed by atoms with van der Waals surface area (Å²) in [4.78, 5) is 14.7. The van der Waals surface area contributed by atoms with Gasteiger partial charge in [0, 0.05) is 17.9 Å². The van der Waals surface area contributed by atoms with Crippen molar-refractivity contribution < 1.29 is 4.79 Å². The van der Waals surface area contributed by atoms with Gasteiger partial charge < -0.3 is 4.57 Å². The van der Waals surface area contributed by atoms with E-state index in [-0.39, 0.29) is 5.91 Å². The number of hydrogen-bond donors (Lipinski definition) is 0. The van der Waals surface area contributed by atoms with Gasteiger partial charge in [-0.05, 0) is 43.7 Å². The number of hydrogen-bond acceptors (Lipinski definition) is 3. The number of halogens is 2. The molecular formula is C19H16Cl2N2OS2. The minimum absolute atomic E-state index is 0.0921. The molecule has 3 nitrogen and oxygen atoms in total. The number of nitrogens with zero attached hydrogens (tertiary/aromatic N) is 2. The average molecular weight is 423 g/mol. The molecular weight excluding hydrogens is 407 g/mol. The Kier molecular flexibility index (Phi) is 5.63.